The van der Waals surface area contributed by atoms with Crippen LogP contribution in [0.4, 0.5) is 0 Å². The van der Waals surface area contributed by atoms with E-state index >= 15 is 0 Å². The summed E-state index contributed by atoms with van der Waals surface area (Å²) in [4.78, 5) is 10.6. The number of alkyl halides is 1. The molecule has 0 aliphatic carbocycles. The first-order valence-corrected chi connectivity index (χ1v) is 3.16. The van der Waals surface area contributed by atoms with Gasteiger partial charge in [-0.1, -0.05) is 25.1 Å². The van der Waals surface area contributed by atoms with Crippen molar-refractivity contribution in [1.29, 1.82) is 0 Å². The van der Waals surface area contributed by atoms with Gasteiger partial charge in [-0.15, -0.1) is 0 Å². The number of carbonyl (C=O) groups excluding carboxylic acids is 1. The molecule has 2 nitrogen and oxygen atoms in total. The highest BCUT2D eigenvalue weighted by molar-refractivity contribution is 6.17. The molecule has 0 aliphatic rings. The lowest BCUT2D eigenvalue weighted by Crippen LogP contribution is -2.04. The predicted molar refractivity (Wildman–Crippen MR) is 36.2 cm³/mol. The van der Waals surface area contributed by atoms with Crippen molar-refractivity contribution in [3.05, 3.63) is 12.2 Å². The summed E-state index contributed by atoms with van der Waals surface area (Å²) in [5, 5.41) is 0. The van der Waals surface area contributed by atoms with Crippen LogP contribution in [0.15, 0.2) is 12.2 Å². The Balaban J connectivity index is 3.60. The summed E-state index contributed by atoms with van der Waals surface area (Å²) in [6.07, 6.45) is 0.607. The maximum absolute atomic E-state index is 10.6. The van der Waals surface area contributed by atoms with Crippen molar-refractivity contribution in [1.82, 2.24) is 0 Å². The molecule has 0 N–H and O–H groups in total. The Morgan fingerprint density at radius 1 is 1.78 bits per heavy atom. The Morgan fingerprint density at radius 3 is 2.67 bits per heavy atom. The SMILES string of the molecule is C=C(CC)C(=O)OCCl. The lowest BCUT2D eigenvalue weighted by atomic mass is 10.2. The molecule has 0 aliphatic heterocycles. The van der Waals surface area contributed by atoms with Gasteiger partial charge >= 0.3 is 5.97 Å². The van der Waals surface area contributed by atoms with Gasteiger partial charge in [0.1, 0.15) is 0 Å². The van der Waals surface area contributed by atoms with E-state index < -0.39 is 5.97 Å². The van der Waals surface area contributed by atoms with Gasteiger partial charge in [-0.25, -0.2) is 4.79 Å². The minimum atomic E-state index is -0.410. The van der Waals surface area contributed by atoms with E-state index in [0.717, 1.165) is 0 Å². The lowest BCUT2D eigenvalue weighted by Gasteiger charge is -1.98. The summed E-state index contributed by atoms with van der Waals surface area (Å²) in [6.45, 7) is 5.29. The highest BCUT2D eigenvalue weighted by Crippen LogP contribution is 1.99. The van der Waals surface area contributed by atoms with Crippen molar-refractivity contribution in [2.45, 2.75) is 13.3 Å². The first-order valence-electron chi connectivity index (χ1n) is 2.63. The second-order valence-corrected chi connectivity index (χ2v) is 1.72. The summed E-state index contributed by atoms with van der Waals surface area (Å²) >= 11 is 5.11. The molecular formula is C6H9ClO2. The van der Waals surface area contributed by atoms with E-state index in [0.29, 0.717) is 12.0 Å². The van der Waals surface area contributed by atoms with Crippen LogP contribution in [0.1, 0.15) is 13.3 Å². The molecule has 52 valence electrons. The third-order valence-electron chi connectivity index (χ3n) is 0.901. The van der Waals surface area contributed by atoms with Gasteiger partial charge in [-0.05, 0) is 6.42 Å². The lowest BCUT2D eigenvalue weighted by molar-refractivity contribution is -0.137. The number of ether oxygens (including phenoxy) is 1. The van der Waals surface area contributed by atoms with Crippen LogP contribution in [0, 0.1) is 0 Å². The monoisotopic (exact) mass is 148 g/mol. The molecule has 0 unspecified atom stereocenters. The Labute approximate surface area is 59.5 Å². The number of hydrogen-bond acceptors (Lipinski definition) is 2. The molecule has 3 heteroatoms. The zero-order chi connectivity index (χ0) is 7.28. The van der Waals surface area contributed by atoms with E-state index in [1.807, 2.05) is 6.92 Å². The fourth-order valence-corrected chi connectivity index (χ4v) is 0.395. The molecule has 0 atom stereocenters. The Kier molecular flexibility index (Phi) is 4.14. The maximum atomic E-state index is 10.6. The van der Waals surface area contributed by atoms with E-state index in [1.54, 1.807) is 0 Å². The van der Waals surface area contributed by atoms with Crippen LogP contribution in [0.3, 0.4) is 0 Å². The van der Waals surface area contributed by atoms with E-state index in [9.17, 15) is 4.79 Å². The molecule has 0 saturated carbocycles. The third-order valence-corrected chi connectivity index (χ3v) is 1.01. The highest BCUT2D eigenvalue weighted by atomic mass is 35.5. The van der Waals surface area contributed by atoms with Gasteiger partial charge in [0.05, 0.1) is 0 Å². The maximum Gasteiger partial charge on any atom is 0.334 e. The van der Waals surface area contributed by atoms with Crippen LogP contribution in [0.25, 0.3) is 0 Å². The molecule has 0 bridgehead atoms. The first kappa shape index (κ1) is 8.50. The molecule has 0 heterocycles. The van der Waals surface area contributed by atoms with Crippen molar-refractivity contribution in [2.75, 3.05) is 6.07 Å². The van der Waals surface area contributed by atoms with Crippen LogP contribution in [0.5, 0.6) is 0 Å². The molecule has 0 rings (SSSR count). The van der Waals surface area contributed by atoms with Crippen LogP contribution in [0.2, 0.25) is 0 Å². The van der Waals surface area contributed by atoms with Crippen molar-refractivity contribution in [3.63, 3.8) is 0 Å². The number of halogens is 1. The largest absolute Gasteiger partial charge is 0.446 e. The fourth-order valence-electron chi connectivity index (χ4n) is 0.296. The molecule has 0 radical (unpaired) electrons. The summed E-state index contributed by atoms with van der Waals surface area (Å²) in [5.41, 5.74) is 0.454. The summed E-state index contributed by atoms with van der Waals surface area (Å²) in [7, 11) is 0. The van der Waals surface area contributed by atoms with Crippen molar-refractivity contribution < 1.29 is 9.53 Å². The second kappa shape index (κ2) is 4.39. The van der Waals surface area contributed by atoms with E-state index in [2.05, 4.69) is 11.3 Å². The van der Waals surface area contributed by atoms with Crippen molar-refractivity contribution in [3.8, 4) is 0 Å². The zero-order valence-electron chi connectivity index (χ0n) is 5.32. The fraction of sp³-hybridized carbons (Fsp3) is 0.500. The topological polar surface area (TPSA) is 26.3 Å². The van der Waals surface area contributed by atoms with Crippen molar-refractivity contribution >= 4 is 17.6 Å². The Hall–Kier alpha value is -0.500. The van der Waals surface area contributed by atoms with Crippen LogP contribution >= 0.6 is 11.6 Å². The number of hydrogen-bond donors (Lipinski definition) is 0. The van der Waals surface area contributed by atoms with Crippen molar-refractivity contribution in [2.24, 2.45) is 0 Å². The number of carbonyl (C=O) groups is 1. The zero-order valence-corrected chi connectivity index (χ0v) is 6.07. The molecule has 0 aromatic heterocycles. The quantitative estimate of drug-likeness (QED) is 0.346. The second-order valence-electron chi connectivity index (χ2n) is 1.50. The average Bonchev–Trinajstić information content (AvgIpc) is 1.87. The molecule has 0 aromatic carbocycles. The molecule has 0 aromatic rings. The smallest absolute Gasteiger partial charge is 0.334 e. The van der Waals surface area contributed by atoms with Gasteiger partial charge in [0.25, 0.3) is 0 Å². The van der Waals surface area contributed by atoms with Gasteiger partial charge in [-0.3, -0.25) is 0 Å². The van der Waals surface area contributed by atoms with Crippen LogP contribution < -0.4 is 0 Å². The highest BCUT2D eigenvalue weighted by Gasteiger charge is 2.03. The number of esters is 1. The van der Waals surface area contributed by atoms with E-state index in [-0.39, 0.29) is 6.07 Å². The molecule has 0 spiro atoms. The minimum absolute atomic E-state index is 0.0994. The Morgan fingerprint density at radius 2 is 2.33 bits per heavy atom. The van der Waals surface area contributed by atoms with Crippen LogP contribution in [-0.2, 0) is 9.53 Å². The van der Waals surface area contributed by atoms with E-state index in [4.69, 9.17) is 11.6 Å². The molecule has 0 amide bonds. The molecule has 0 fully saturated rings. The normalized spacial score (nSPS) is 8.67. The van der Waals surface area contributed by atoms with E-state index in [1.165, 1.54) is 0 Å². The summed E-state index contributed by atoms with van der Waals surface area (Å²) in [5.74, 6) is -0.410. The van der Waals surface area contributed by atoms with Gasteiger partial charge in [-0.2, -0.15) is 0 Å². The third kappa shape index (κ3) is 3.14. The summed E-state index contributed by atoms with van der Waals surface area (Å²) in [6, 6.07) is -0.0994. The average molecular weight is 149 g/mol. The summed E-state index contributed by atoms with van der Waals surface area (Å²) < 4.78 is 4.42. The van der Waals surface area contributed by atoms with Gasteiger partial charge in [0.15, 0.2) is 6.07 Å². The first-order chi connectivity index (χ1) is 4.22. The number of rotatable bonds is 3. The van der Waals surface area contributed by atoms with Gasteiger partial charge < -0.3 is 4.74 Å². The predicted octanol–water partition coefficient (Wildman–Crippen LogP) is 1.69. The molecular weight excluding hydrogens is 140 g/mol. The van der Waals surface area contributed by atoms with Crippen LogP contribution in [-0.4, -0.2) is 12.0 Å². The molecule has 9 heavy (non-hydrogen) atoms. The minimum Gasteiger partial charge on any atom is -0.446 e. The standard InChI is InChI=1S/C6H9ClO2/c1-3-5(2)6(8)9-4-7/h2-4H2,1H3. The van der Waals surface area contributed by atoms with Gasteiger partial charge in [0, 0.05) is 5.57 Å². The van der Waals surface area contributed by atoms with Gasteiger partial charge in [0.2, 0.25) is 0 Å². The molecule has 0 saturated heterocycles. The Bertz CT molecular complexity index is 120.